The van der Waals surface area contributed by atoms with Gasteiger partial charge in [0, 0.05) is 18.2 Å². The Kier molecular flexibility index (Phi) is 3.91. The van der Waals surface area contributed by atoms with Gasteiger partial charge in [-0.1, -0.05) is 18.5 Å². The second kappa shape index (κ2) is 5.42. The van der Waals surface area contributed by atoms with Crippen LogP contribution in [0.5, 0.6) is 0 Å². The molecule has 4 nitrogen and oxygen atoms in total. The highest BCUT2D eigenvalue weighted by Crippen LogP contribution is 2.29. The second-order valence-corrected chi connectivity index (χ2v) is 4.73. The first-order valence-electron chi connectivity index (χ1n) is 5.17. The lowest BCUT2D eigenvalue weighted by atomic mass is 10.3. The van der Waals surface area contributed by atoms with Crippen LogP contribution >= 0.6 is 23.4 Å². The Morgan fingerprint density at radius 1 is 1.35 bits per heavy atom. The summed E-state index contributed by atoms with van der Waals surface area (Å²) in [5, 5.41) is 2.20. The fourth-order valence-corrected chi connectivity index (χ4v) is 2.28. The molecular weight excluding hydrogens is 256 g/mol. The molecule has 2 heterocycles. The number of nitrogens with zero attached hydrogens (tertiary/aromatic N) is 4. The van der Waals surface area contributed by atoms with Crippen molar-refractivity contribution in [3.05, 3.63) is 35.1 Å². The molecule has 0 saturated carbocycles. The average molecular weight is 267 g/mol. The lowest BCUT2D eigenvalue weighted by Crippen LogP contribution is -1.98. The maximum atomic E-state index is 6.07. The van der Waals surface area contributed by atoms with E-state index in [1.54, 1.807) is 6.20 Å². The molecule has 0 amide bonds. The van der Waals surface area contributed by atoms with Gasteiger partial charge in [0.1, 0.15) is 27.4 Å². The molecular formula is C11H11ClN4S. The van der Waals surface area contributed by atoms with Crippen LogP contribution in [-0.4, -0.2) is 19.9 Å². The number of aryl methyl sites for hydroxylation is 1. The molecule has 0 aliphatic carbocycles. The van der Waals surface area contributed by atoms with Gasteiger partial charge in [0.05, 0.1) is 0 Å². The first-order chi connectivity index (χ1) is 8.20. The third kappa shape index (κ3) is 2.92. The van der Waals surface area contributed by atoms with Gasteiger partial charge in [0.25, 0.3) is 0 Å². The molecule has 0 bridgehead atoms. The van der Waals surface area contributed by atoms with E-state index in [0.717, 1.165) is 27.9 Å². The van der Waals surface area contributed by atoms with Gasteiger partial charge in [0.15, 0.2) is 0 Å². The van der Waals surface area contributed by atoms with Gasteiger partial charge in [0.2, 0.25) is 0 Å². The number of hydrogen-bond acceptors (Lipinski definition) is 5. The van der Waals surface area contributed by atoms with Crippen LogP contribution in [0.3, 0.4) is 0 Å². The fraction of sp³-hybridized carbons (Fsp3) is 0.273. The molecule has 2 aromatic heterocycles. The van der Waals surface area contributed by atoms with Gasteiger partial charge in [-0.15, -0.1) is 0 Å². The van der Waals surface area contributed by atoms with Crippen LogP contribution in [0.1, 0.15) is 18.3 Å². The molecule has 0 atom stereocenters. The normalized spacial score (nSPS) is 10.5. The summed E-state index contributed by atoms with van der Waals surface area (Å²) in [5.74, 6) is 0.747. The Morgan fingerprint density at radius 2 is 2.18 bits per heavy atom. The first-order valence-corrected chi connectivity index (χ1v) is 6.37. The van der Waals surface area contributed by atoms with E-state index in [-0.39, 0.29) is 0 Å². The van der Waals surface area contributed by atoms with E-state index in [2.05, 4.69) is 19.9 Å². The summed E-state index contributed by atoms with van der Waals surface area (Å²) < 4.78 is 0. The minimum atomic E-state index is 0.508. The van der Waals surface area contributed by atoms with E-state index in [1.165, 1.54) is 18.1 Å². The summed E-state index contributed by atoms with van der Waals surface area (Å²) in [7, 11) is 0. The zero-order chi connectivity index (χ0) is 12.3. The molecule has 0 N–H and O–H groups in total. The van der Waals surface area contributed by atoms with Crippen molar-refractivity contribution in [3.8, 4) is 0 Å². The summed E-state index contributed by atoms with van der Waals surface area (Å²) in [6.45, 7) is 3.91. The van der Waals surface area contributed by atoms with Crippen LogP contribution in [0.2, 0.25) is 5.15 Å². The first kappa shape index (κ1) is 12.3. The predicted molar refractivity (Wildman–Crippen MR) is 67.3 cm³/mol. The van der Waals surface area contributed by atoms with Crippen molar-refractivity contribution < 1.29 is 0 Å². The summed E-state index contributed by atoms with van der Waals surface area (Å²) in [6.07, 6.45) is 3.98. The largest absolute Gasteiger partial charge is 0.245 e. The Bertz CT molecular complexity index is 518. The molecule has 0 aliphatic rings. The van der Waals surface area contributed by atoms with Crippen molar-refractivity contribution in [1.29, 1.82) is 0 Å². The Balaban J connectivity index is 2.35. The van der Waals surface area contributed by atoms with E-state index in [0.29, 0.717) is 5.15 Å². The van der Waals surface area contributed by atoms with Gasteiger partial charge < -0.3 is 0 Å². The number of aromatic nitrogens is 4. The number of hydrogen-bond donors (Lipinski definition) is 0. The van der Waals surface area contributed by atoms with Crippen LogP contribution in [0.15, 0.2) is 28.6 Å². The molecule has 17 heavy (non-hydrogen) atoms. The topological polar surface area (TPSA) is 51.6 Å². The summed E-state index contributed by atoms with van der Waals surface area (Å²) in [6, 6.07) is 1.84. The maximum Gasteiger partial charge on any atom is 0.136 e. The van der Waals surface area contributed by atoms with Crippen LogP contribution in [0.25, 0.3) is 0 Å². The second-order valence-electron chi connectivity index (χ2n) is 3.36. The summed E-state index contributed by atoms with van der Waals surface area (Å²) in [5.41, 5.74) is 0.882. The van der Waals surface area contributed by atoms with Crippen molar-refractivity contribution in [2.24, 2.45) is 0 Å². The lowest BCUT2D eigenvalue weighted by molar-refractivity contribution is 0.870. The summed E-state index contributed by atoms with van der Waals surface area (Å²) in [4.78, 5) is 16.7. The standard InChI is InChI=1S/C11H11ClN4S/c1-3-8-15-10(12)7(2)11(16-8)17-9-4-5-13-6-14-9/h4-6H,3H2,1-2H3. The molecule has 6 heteroatoms. The van der Waals surface area contributed by atoms with Crippen LogP contribution in [0.4, 0.5) is 0 Å². The van der Waals surface area contributed by atoms with Gasteiger partial charge in [-0.05, 0) is 24.8 Å². The van der Waals surface area contributed by atoms with Crippen molar-refractivity contribution in [2.45, 2.75) is 30.3 Å². The highest BCUT2D eigenvalue weighted by molar-refractivity contribution is 7.99. The molecule has 2 aromatic rings. The van der Waals surface area contributed by atoms with Crippen molar-refractivity contribution in [3.63, 3.8) is 0 Å². The van der Waals surface area contributed by atoms with E-state index in [9.17, 15) is 0 Å². The molecule has 0 fully saturated rings. The summed E-state index contributed by atoms with van der Waals surface area (Å²) >= 11 is 7.54. The van der Waals surface area contributed by atoms with Crippen LogP contribution in [-0.2, 0) is 6.42 Å². The highest BCUT2D eigenvalue weighted by Gasteiger charge is 2.10. The number of rotatable bonds is 3. The smallest absolute Gasteiger partial charge is 0.136 e. The molecule has 0 aromatic carbocycles. The zero-order valence-electron chi connectivity index (χ0n) is 9.51. The molecule has 88 valence electrons. The Morgan fingerprint density at radius 3 is 2.82 bits per heavy atom. The van der Waals surface area contributed by atoms with E-state index in [4.69, 9.17) is 11.6 Å². The molecule has 0 unspecified atom stereocenters. The van der Waals surface area contributed by atoms with Crippen molar-refractivity contribution in [2.75, 3.05) is 0 Å². The molecule has 0 saturated heterocycles. The Hall–Kier alpha value is -1.20. The SMILES string of the molecule is CCc1nc(Cl)c(C)c(Sc2ccncn2)n1. The van der Waals surface area contributed by atoms with Gasteiger partial charge in [-0.3, -0.25) is 0 Å². The van der Waals surface area contributed by atoms with Gasteiger partial charge >= 0.3 is 0 Å². The van der Waals surface area contributed by atoms with Crippen molar-refractivity contribution >= 4 is 23.4 Å². The maximum absolute atomic E-state index is 6.07. The monoisotopic (exact) mass is 266 g/mol. The highest BCUT2D eigenvalue weighted by atomic mass is 35.5. The van der Waals surface area contributed by atoms with Crippen LogP contribution in [0, 0.1) is 6.92 Å². The predicted octanol–water partition coefficient (Wildman–Crippen LogP) is 2.94. The van der Waals surface area contributed by atoms with Crippen LogP contribution < -0.4 is 0 Å². The van der Waals surface area contributed by atoms with Gasteiger partial charge in [-0.2, -0.15) is 0 Å². The fourth-order valence-electron chi connectivity index (χ4n) is 1.21. The molecule has 0 aliphatic heterocycles. The van der Waals surface area contributed by atoms with Gasteiger partial charge in [-0.25, -0.2) is 19.9 Å². The van der Waals surface area contributed by atoms with E-state index >= 15 is 0 Å². The molecule has 0 radical (unpaired) electrons. The zero-order valence-corrected chi connectivity index (χ0v) is 11.1. The van der Waals surface area contributed by atoms with E-state index < -0.39 is 0 Å². The average Bonchev–Trinajstić information content (AvgIpc) is 2.36. The molecule has 0 spiro atoms. The Labute approximate surface area is 109 Å². The van der Waals surface area contributed by atoms with E-state index in [1.807, 2.05) is 19.9 Å². The minimum absolute atomic E-state index is 0.508. The molecule has 2 rings (SSSR count). The van der Waals surface area contributed by atoms with Crippen molar-refractivity contribution in [1.82, 2.24) is 19.9 Å². The number of halogens is 1. The quantitative estimate of drug-likeness (QED) is 0.800. The third-order valence-electron chi connectivity index (χ3n) is 2.16. The lowest BCUT2D eigenvalue weighted by Gasteiger charge is -2.07. The third-order valence-corrected chi connectivity index (χ3v) is 3.57. The minimum Gasteiger partial charge on any atom is -0.245 e.